The quantitative estimate of drug-likeness (QED) is 0.897. The van der Waals surface area contributed by atoms with Crippen molar-refractivity contribution in [3.8, 4) is 0 Å². The van der Waals surface area contributed by atoms with Crippen LogP contribution in [0, 0.1) is 18.3 Å². The van der Waals surface area contributed by atoms with Crippen molar-refractivity contribution in [3.05, 3.63) is 16.4 Å². The molecule has 0 spiro atoms. The van der Waals surface area contributed by atoms with E-state index in [-0.39, 0.29) is 0 Å². The zero-order valence-corrected chi connectivity index (χ0v) is 14.2. The minimum atomic E-state index is 0.424. The van der Waals surface area contributed by atoms with Gasteiger partial charge in [-0.25, -0.2) is 0 Å². The van der Waals surface area contributed by atoms with E-state index < -0.39 is 0 Å². The first-order chi connectivity index (χ1) is 9.36. The molecule has 0 bridgehead atoms. The topological polar surface area (TPSA) is 29.9 Å². The van der Waals surface area contributed by atoms with Crippen LogP contribution in [0.5, 0.6) is 0 Å². The van der Waals surface area contributed by atoms with Crippen molar-refractivity contribution in [2.45, 2.75) is 59.4 Å². The van der Waals surface area contributed by atoms with Crippen LogP contribution in [0.3, 0.4) is 0 Å². The molecule has 1 heterocycles. The van der Waals surface area contributed by atoms with Gasteiger partial charge in [-0.1, -0.05) is 38.8 Å². The van der Waals surface area contributed by atoms with Crippen molar-refractivity contribution in [2.24, 2.45) is 18.4 Å². The summed E-state index contributed by atoms with van der Waals surface area (Å²) < 4.78 is 1.95. The highest BCUT2D eigenvalue weighted by Gasteiger charge is 2.39. The summed E-state index contributed by atoms with van der Waals surface area (Å²) in [5.41, 5.74) is 2.52. The van der Waals surface area contributed by atoms with Crippen LogP contribution < -0.4 is 5.32 Å². The number of halogens is 1. The number of nitrogens with one attached hydrogen (secondary N) is 1. The van der Waals surface area contributed by atoms with Crippen LogP contribution in [0.2, 0.25) is 5.02 Å². The predicted molar refractivity (Wildman–Crippen MR) is 85.2 cm³/mol. The molecule has 0 radical (unpaired) electrons. The summed E-state index contributed by atoms with van der Waals surface area (Å²) in [7, 11) is 2.00. The van der Waals surface area contributed by atoms with Crippen molar-refractivity contribution in [3.63, 3.8) is 0 Å². The van der Waals surface area contributed by atoms with Crippen molar-refractivity contribution in [1.29, 1.82) is 0 Å². The molecule has 0 saturated heterocycles. The Morgan fingerprint density at radius 2 is 2.20 bits per heavy atom. The van der Waals surface area contributed by atoms with Gasteiger partial charge in [-0.2, -0.15) is 5.10 Å². The average Bonchev–Trinajstić information content (AvgIpc) is 2.82. The molecule has 1 aromatic rings. The van der Waals surface area contributed by atoms with Gasteiger partial charge >= 0.3 is 0 Å². The normalized spacial score (nSPS) is 23.2. The first kappa shape index (κ1) is 15.8. The van der Waals surface area contributed by atoms with Crippen LogP contribution in [0.25, 0.3) is 0 Å². The first-order valence-electron chi connectivity index (χ1n) is 7.78. The van der Waals surface area contributed by atoms with E-state index in [9.17, 15) is 0 Å². The van der Waals surface area contributed by atoms with E-state index in [1.54, 1.807) is 0 Å². The molecule has 1 fully saturated rings. The van der Waals surface area contributed by atoms with Crippen LogP contribution in [0.15, 0.2) is 0 Å². The maximum absolute atomic E-state index is 6.42. The van der Waals surface area contributed by atoms with Gasteiger partial charge in [-0.3, -0.25) is 4.68 Å². The Labute approximate surface area is 128 Å². The summed E-state index contributed by atoms with van der Waals surface area (Å²) >= 11 is 6.42. The maximum atomic E-state index is 6.42. The monoisotopic (exact) mass is 297 g/mol. The van der Waals surface area contributed by atoms with Gasteiger partial charge in [-0.05, 0) is 37.6 Å². The highest BCUT2D eigenvalue weighted by molar-refractivity contribution is 6.31. The fraction of sp³-hybridized carbons (Fsp3) is 0.812. The molecule has 0 amide bonds. The summed E-state index contributed by atoms with van der Waals surface area (Å²) in [5.74, 6) is 0.716. The van der Waals surface area contributed by atoms with Crippen LogP contribution in [0.4, 0.5) is 0 Å². The van der Waals surface area contributed by atoms with Crippen molar-refractivity contribution in [1.82, 2.24) is 15.1 Å². The number of rotatable bonds is 5. The van der Waals surface area contributed by atoms with Gasteiger partial charge in [0, 0.05) is 19.5 Å². The Morgan fingerprint density at radius 3 is 2.65 bits per heavy atom. The first-order valence-corrected chi connectivity index (χ1v) is 8.16. The minimum absolute atomic E-state index is 0.424. The average molecular weight is 298 g/mol. The highest BCUT2D eigenvalue weighted by Crippen LogP contribution is 2.45. The predicted octanol–water partition coefficient (Wildman–Crippen LogP) is 3.73. The molecule has 1 aliphatic carbocycles. The van der Waals surface area contributed by atoms with Crippen molar-refractivity contribution < 1.29 is 0 Å². The Balaban J connectivity index is 2.21. The number of hydrogen-bond donors (Lipinski definition) is 1. The van der Waals surface area contributed by atoms with Crippen molar-refractivity contribution in [2.75, 3.05) is 6.54 Å². The molecular formula is C16H28ClN3. The Morgan fingerprint density at radius 1 is 1.50 bits per heavy atom. The van der Waals surface area contributed by atoms with Gasteiger partial charge in [0.2, 0.25) is 0 Å². The fourth-order valence-electron chi connectivity index (χ4n) is 3.83. The zero-order valence-electron chi connectivity index (χ0n) is 13.5. The lowest BCUT2D eigenvalue weighted by atomic mass is 9.76. The zero-order chi connectivity index (χ0) is 14.9. The molecule has 1 N–H and O–H groups in total. The van der Waals surface area contributed by atoms with Crippen LogP contribution in [-0.2, 0) is 13.5 Å². The minimum Gasteiger partial charge on any atom is -0.314 e. The third-order valence-corrected chi connectivity index (χ3v) is 5.46. The molecule has 1 saturated carbocycles. The summed E-state index contributed by atoms with van der Waals surface area (Å²) in [4.78, 5) is 0. The smallest absolute Gasteiger partial charge is 0.0847 e. The number of hydrogen-bond acceptors (Lipinski definition) is 2. The highest BCUT2D eigenvalue weighted by atomic mass is 35.5. The van der Waals surface area contributed by atoms with Crippen molar-refractivity contribution >= 4 is 11.6 Å². The standard InChI is InChI=1S/C16H28ClN3/c1-6-18-13(12-8-7-9-16(12,3)4)10-14-15(17)11(2)19-20(14)5/h12-13,18H,6-10H2,1-5H3. The summed E-state index contributed by atoms with van der Waals surface area (Å²) in [6, 6.07) is 0.491. The van der Waals surface area contributed by atoms with E-state index in [4.69, 9.17) is 11.6 Å². The van der Waals surface area contributed by atoms with E-state index in [1.165, 1.54) is 19.3 Å². The molecule has 20 heavy (non-hydrogen) atoms. The van der Waals surface area contributed by atoms with E-state index >= 15 is 0 Å². The van der Waals surface area contributed by atoms with Crippen LogP contribution in [0.1, 0.15) is 51.4 Å². The lowest BCUT2D eigenvalue weighted by Gasteiger charge is -2.35. The Bertz CT molecular complexity index is 465. The second-order valence-corrected chi connectivity index (χ2v) is 7.20. The number of nitrogens with zero attached hydrogens (tertiary/aromatic N) is 2. The number of aryl methyl sites for hydroxylation is 2. The lowest BCUT2D eigenvalue weighted by Crippen LogP contribution is -2.42. The van der Waals surface area contributed by atoms with E-state index in [1.807, 2.05) is 18.7 Å². The largest absolute Gasteiger partial charge is 0.314 e. The maximum Gasteiger partial charge on any atom is 0.0847 e. The molecular weight excluding hydrogens is 270 g/mol. The summed E-state index contributed by atoms with van der Waals surface area (Å²) in [6.45, 7) is 9.99. The molecule has 2 unspecified atom stereocenters. The second kappa shape index (κ2) is 6.07. The molecule has 4 heteroatoms. The molecule has 1 aliphatic rings. The molecule has 2 rings (SSSR count). The molecule has 3 nitrogen and oxygen atoms in total. The Hall–Kier alpha value is -0.540. The van der Waals surface area contributed by atoms with E-state index in [0.717, 1.165) is 29.4 Å². The third kappa shape index (κ3) is 3.04. The van der Waals surface area contributed by atoms with E-state index in [0.29, 0.717) is 17.4 Å². The molecule has 2 atom stereocenters. The summed E-state index contributed by atoms with van der Waals surface area (Å²) in [5, 5.41) is 8.98. The van der Waals surface area contributed by atoms with Gasteiger partial charge in [0.1, 0.15) is 0 Å². The van der Waals surface area contributed by atoms with Crippen LogP contribution >= 0.6 is 11.6 Å². The SMILES string of the molecule is CCNC(Cc1c(Cl)c(C)nn1C)C1CCCC1(C)C. The third-order valence-electron chi connectivity index (χ3n) is 4.97. The van der Waals surface area contributed by atoms with Gasteiger partial charge in [-0.15, -0.1) is 0 Å². The fourth-order valence-corrected chi connectivity index (χ4v) is 4.07. The van der Waals surface area contributed by atoms with Gasteiger partial charge < -0.3 is 5.32 Å². The number of likely N-dealkylation sites (N-methyl/N-ethyl adjacent to an activating group) is 1. The molecule has 0 aromatic carbocycles. The van der Waals surface area contributed by atoms with Gasteiger partial charge in [0.25, 0.3) is 0 Å². The van der Waals surface area contributed by atoms with E-state index in [2.05, 4.69) is 31.2 Å². The second-order valence-electron chi connectivity index (χ2n) is 6.83. The lowest BCUT2D eigenvalue weighted by molar-refractivity contribution is 0.195. The summed E-state index contributed by atoms with van der Waals surface area (Å²) in [6.07, 6.45) is 4.96. The molecule has 114 valence electrons. The molecule has 0 aliphatic heterocycles. The van der Waals surface area contributed by atoms with Gasteiger partial charge in [0.05, 0.1) is 16.4 Å². The molecule has 1 aromatic heterocycles. The number of aromatic nitrogens is 2. The Kier molecular flexibility index (Phi) is 4.80. The van der Waals surface area contributed by atoms with Crippen LogP contribution in [-0.4, -0.2) is 22.4 Å². The van der Waals surface area contributed by atoms with Gasteiger partial charge in [0.15, 0.2) is 0 Å².